The van der Waals surface area contributed by atoms with E-state index in [9.17, 15) is 0 Å². The van der Waals surface area contributed by atoms with E-state index in [-0.39, 0.29) is 5.41 Å². The first kappa shape index (κ1) is 13.6. The summed E-state index contributed by atoms with van der Waals surface area (Å²) >= 11 is 4.36. The van der Waals surface area contributed by atoms with Crippen LogP contribution < -0.4 is 0 Å². The van der Waals surface area contributed by atoms with Gasteiger partial charge in [-0.05, 0) is 47.1 Å². The van der Waals surface area contributed by atoms with Crippen LogP contribution in [0.5, 0.6) is 0 Å². The maximum atomic E-state index is 4.36. The summed E-state index contributed by atoms with van der Waals surface area (Å²) in [6.45, 7) is 11.3. The molecule has 1 aromatic carbocycles. The topological polar surface area (TPSA) is 0 Å². The normalized spacial score (nSPS) is 13.9. The highest BCUT2D eigenvalue weighted by Crippen LogP contribution is 2.25. The Bertz CT molecular complexity index is 347. The van der Waals surface area contributed by atoms with Crippen molar-refractivity contribution >= 4 is 12.6 Å². The van der Waals surface area contributed by atoms with Crippen LogP contribution in [0.15, 0.2) is 18.2 Å². The average Bonchev–Trinajstić information content (AvgIpc) is 2.19. The summed E-state index contributed by atoms with van der Waals surface area (Å²) in [6.07, 6.45) is 1.14. The molecule has 0 aromatic heterocycles. The molecule has 0 bridgehead atoms. The highest BCUT2D eigenvalue weighted by atomic mass is 32.1. The lowest BCUT2D eigenvalue weighted by atomic mass is 9.84. The van der Waals surface area contributed by atoms with E-state index >= 15 is 0 Å². The van der Waals surface area contributed by atoms with Crippen LogP contribution >= 0.6 is 12.6 Å². The van der Waals surface area contributed by atoms with Gasteiger partial charge < -0.3 is 0 Å². The van der Waals surface area contributed by atoms with Crippen LogP contribution in [-0.2, 0) is 11.8 Å². The minimum atomic E-state index is 0.243. The molecule has 90 valence electrons. The maximum Gasteiger partial charge on any atom is -0.00690 e. The van der Waals surface area contributed by atoms with Crippen molar-refractivity contribution < 1.29 is 0 Å². The highest BCUT2D eigenvalue weighted by molar-refractivity contribution is 7.80. The first-order valence-corrected chi connectivity index (χ1v) is 6.68. The minimum Gasteiger partial charge on any atom is -0.179 e. The van der Waals surface area contributed by atoms with Crippen LogP contribution in [0.2, 0.25) is 0 Å². The number of benzene rings is 1. The first-order chi connectivity index (χ1) is 7.34. The Balaban J connectivity index is 3.00. The molecule has 0 aliphatic rings. The van der Waals surface area contributed by atoms with Crippen molar-refractivity contribution in [1.82, 2.24) is 0 Å². The molecule has 1 heteroatoms. The molecular formula is C15H24S. The third-order valence-corrected chi connectivity index (χ3v) is 3.72. The summed E-state index contributed by atoms with van der Waals surface area (Å²) in [6, 6.07) is 6.88. The average molecular weight is 236 g/mol. The van der Waals surface area contributed by atoms with Gasteiger partial charge in [0.25, 0.3) is 0 Å². The fraction of sp³-hybridized carbons (Fsp3) is 0.600. The monoisotopic (exact) mass is 236 g/mol. The number of hydrogen-bond acceptors (Lipinski definition) is 1. The van der Waals surface area contributed by atoms with E-state index in [2.05, 4.69) is 65.4 Å². The fourth-order valence-electron chi connectivity index (χ4n) is 1.80. The zero-order chi connectivity index (χ0) is 12.3. The van der Waals surface area contributed by atoms with Crippen molar-refractivity contribution in [3.63, 3.8) is 0 Å². The van der Waals surface area contributed by atoms with Crippen molar-refractivity contribution in [2.24, 2.45) is 5.92 Å². The molecule has 0 N–H and O–H groups in total. The second-order valence-corrected chi connectivity index (χ2v) is 6.25. The van der Waals surface area contributed by atoms with Crippen LogP contribution in [0, 0.1) is 12.8 Å². The third-order valence-electron chi connectivity index (χ3n) is 3.10. The summed E-state index contributed by atoms with van der Waals surface area (Å²) in [4.78, 5) is 0. The summed E-state index contributed by atoms with van der Waals surface area (Å²) < 4.78 is 0. The predicted molar refractivity (Wildman–Crippen MR) is 76.6 cm³/mol. The number of aryl methyl sites for hydroxylation is 1. The van der Waals surface area contributed by atoms with Gasteiger partial charge in [0.1, 0.15) is 0 Å². The Labute approximate surface area is 106 Å². The summed E-state index contributed by atoms with van der Waals surface area (Å²) in [7, 11) is 0. The summed E-state index contributed by atoms with van der Waals surface area (Å²) in [5.41, 5.74) is 4.56. The van der Waals surface area contributed by atoms with Crippen LogP contribution in [0.25, 0.3) is 0 Å². The van der Waals surface area contributed by atoms with Crippen LogP contribution in [0.4, 0.5) is 0 Å². The molecule has 0 saturated carbocycles. The van der Waals surface area contributed by atoms with Crippen molar-refractivity contribution in [2.75, 3.05) is 5.75 Å². The van der Waals surface area contributed by atoms with Gasteiger partial charge in [0.2, 0.25) is 0 Å². The van der Waals surface area contributed by atoms with Crippen LogP contribution in [0.3, 0.4) is 0 Å². The van der Waals surface area contributed by atoms with Gasteiger partial charge in [-0.3, -0.25) is 0 Å². The molecule has 16 heavy (non-hydrogen) atoms. The second kappa shape index (κ2) is 5.27. The molecule has 0 spiro atoms. The zero-order valence-corrected chi connectivity index (χ0v) is 12.1. The Hall–Kier alpha value is -0.430. The molecule has 1 rings (SSSR count). The molecule has 0 heterocycles. The van der Waals surface area contributed by atoms with Crippen molar-refractivity contribution in [1.29, 1.82) is 0 Å². The van der Waals surface area contributed by atoms with Gasteiger partial charge in [0.05, 0.1) is 0 Å². The standard InChI is InChI=1S/C15H24S/c1-11(10-16)8-13-9-14(15(3,4)5)7-6-12(13)2/h6-7,9,11,16H,8,10H2,1-5H3. The maximum absolute atomic E-state index is 4.36. The van der Waals surface area contributed by atoms with E-state index in [1.165, 1.54) is 16.7 Å². The van der Waals surface area contributed by atoms with Gasteiger partial charge in [-0.15, -0.1) is 0 Å². The number of hydrogen-bond donors (Lipinski definition) is 1. The lowest BCUT2D eigenvalue weighted by molar-refractivity contribution is 0.586. The summed E-state index contributed by atoms with van der Waals surface area (Å²) in [5, 5.41) is 0. The van der Waals surface area contributed by atoms with E-state index in [0.29, 0.717) is 5.92 Å². The minimum absolute atomic E-state index is 0.243. The molecule has 0 amide bonds. The van der Waals surface area contributed by atoms with Gasteiger partial charge in [-0.2, -0.15) is 12.6 Å². The number of thiol groups is 1. The fourth-order valence-corrected chi connectivity index (χ4v) is 1.93. The lowest BCUT2D eigenvalue weighted by Crippen LogP contribution is -2.12. The van der Waals surface area contributed by atoms with Crippen LogP contribution in [0.1, 0.15) is 44.4 Å². The zero-order valence-electron chi connectivity index (χ0n) is 11.2. The van der Waals surface area contributed by atoms with E-state index in [0.717, 1.165) is 12.2 Å². The number of rotatable bonds is 3. The Morgan fingerprint density at radius 2 is 1.88 bits per heavy atom. The Kier molecular flexibility index (Phi) is 4.49. The van der Waals surface area contributed by atoms with Gasteiger partial charge in [0, 0.05) is 0 Å². The molecule has 0 fully saturated rings. The Morgan fingerprint density at radius 1 is 1.25 bits per heavy atom. The molecule has 0 radical (unpaired) electrons. The first-order valence-electron chi connectivity index (χ1n) is 6.05. The van der Waals surface area contributed by atoms with Crippen LogP contribution in [-0.4, -0.2) is 5.75 Å². The Morgan fingerprint density at radius 3 is 2.38 bits per heavy atom. The molecule has 0 nitrogen and oxygen atoms in total. The molecule has 1 atom stereocenters. The molecule has 0 aliphatic carbocycles. The molecule has 0 saturated heterocycles. The quantitative estimate of drug-likeness (QED) is 0.739. The van der Waals surface area contributed by atoms with Gasteiger partial charge in [-0.25, -0.2) is 0 Å². The molecule has 0 aliphatic heterocycles. The molecule has 1 unspecified atom stereocenters. The summed E-state index contributed by atoms with van der Waals surface area (Å²) in [5.74, 6) is 1.61. The van der Waals surface area contributed by atoms with E-state index in [1.807, 2.05) is 0 Å². The smallest absolute Gasteiger partial charge is 0.00690 e. The van der Waals surface area contributed by atoms with Crippen molar-refractivity contribution in [3.05, 3.63) is 34.9 Å². The van der Waals surface area contributed by atoms with Crippen molar-refractivity contribution in [2.45, 2.75) is 46.5 Å². The van der Waals surface area contributed by atoms with Gasteiger partial charge in [-0.1, -0.05) is 45.9 Å². The molecule has 1 aromatic rings. The van der Waals surface area contributed by atoms with E-state index < -0.39 is 0 Å². The van der Waals surface area contributed by atoms with E-state index in [1.54, 1.807) is 0 Å². The van der Waals surface area contributed by atoms with E-state index in [4.69, 9.17) is 0 Å². The lowest BCUT2D eigenvalue weighted by Gasteiger charge is -2.21. The largest absolute Gasteiger partial charge is 0.179 e. The van der Waals surface area contributed by atoms with Gasteiger partial charge in [0.15, 0.2) is 0 Å². The highest BCUT2D eigenvalue weighted by Gasteiger charge is 2.15. The van der Waals surface area contributed by atoms with Gasteiger partial charge >= 0.3 is 0 Å². The van der Waals surface area contributed by atoms with Crippen molar-refractivity contribution in [3.8, 4) is 0 Å². The molecular weight excluding hydrogens is 212 g/mol. The SMILES string of the molecule is Cc1ccc(C(C)(C)C)cc1CC(C)CS. The third kappa shape index (κ3) is 3.55. The predicted octanol–water partition coefficient (Wildman–Crippen LogP) is 4.40. The second-order valence-electron chi connectivity index (χ2n) is 5.88.